The van der Waals surface area contributed by atoms with Crippen molar-refractivity contribution in [3.05, 3.63) is 29.3 Å². The molecule has 0 bridgehead atoms. The van der Waals surface area contributed by atoms with Crippen molar-refractivity contribution in [2.75, 3.05) is 0 Å². The van der Waals surface area contributed by atoms with Crippen LogP contribution >= 0.6 is 0 Å². The van der Waals surface area contributed by atoms with Gasteiger partial charge in [-0.1, -0.05) is 19.9 Å². The maximum absolute atomic E-state index is 11.6. The van der Waals surface area contributed by atoms with E-state index in [1.807, 2.05) is 0 Å². The third kappa shape index (κ3) is 1.69. The van der Waals surface area contributed by atoms with Gasteiger partial charge in [0.05, 0.1) is 6.04 Å². The highest BCUT2D eigenvalue weighted by Gasteiger charge is 2.31. The van der Waals surface area contributed by atoms with Crippen LogP contribution in [-0.2, 0) is 0 Å². The molecule has 1 aliphatic heterocycles. The maximum atomic E-state index is 11.6. The zero-order chi connectivity index (χ0) is 11.0. The van der Waals surface area contributed by atoms with Crippen LogP contribution < -0.4 is 5.32 Å². The molecule has 2 N–H and O–H groups in total. The Morgan fingerprint density at radius 3 is 2.87 bits per heavy atom. The van der Waals surface area contributed by atoms with E-state index in [0.29, 0.717) is 11.5 Å². The number of amides is 1. The molecule has 0 fully saturated rings. The summed E-state index contributed by atoms with van der Waals surface area (Å²) in [5.74, 6) is 0.629. The molecule has 1 aromatic rings. The van der Waals surface area contributed by atoms with Gasteiger partial charge in [0, 0.05) is 11.1 Å². The molecule has 1 atom stereocenters. The second-order valence-corrected chi connectivity index (χ2v) is 4.39. The standard InChI is InChI=1S/C12H15NO2/c1-7(2)6-9-11-8(12(15)13-9)4-3-5-10(11)14/h3-5,7,9,14H,6H2,1-2H3,(H,13,15). The SMILES string of the molecule is CC(C)CC1NC(=O)c2cccc(O)c21. The molecule has 80 valence electrons. The van der Waals surface area contributed by atoms with Crippen LogP contribution in [0.2, 0.25) is 0 Å². The first-order chi connectivity index (χ1) is 7.09. The van der Waals surface area contributed by atoms with Crippen LogP contribution in [-0.4, -0.2) is 11.0 Å². The fraction of sp³-hybridized carbons (Fsp3) is 0.417. The summed E-state index contributed by atoms with van der Waals surface area (Å²) in [5.41, 5.74) is 1.37. The van der Waals surface area contributed by atoms with Crippen LogP contribution in [0, 0.1) is 5.92 Å². The summed E-state index contributed by atoms with van der Waals surface area (Å²) in [4.78, 5) is 11.6. The van der Waals surface area contributed by atoms with E-state index >= 15 is 0 Å². The van der Waals surface area contributed by atoms with Crippen LogP contribution in [0.3, 0.4) is 0 Å². The Bertz CT molecular complexity index is 399. The molecule has 1 aliphatic rings. The van der Waals surface area contributed by atoms with Crippen molar-refractivity contribution >= 4 is 5.91 Å². The Kier molecular flexibility index (Phi) is 2.39. The summed E-state index contributed by atoms with van der Waals surface area (Å²) in [5, 5.41) is 12.6. The fourth-order valence-corrected chi connectivity index (χ4v) is 2.07. The number of fused-ring (bicyclic) bond motifs is 1. The van der Waals surface area contributed by atoms with Gasteiger partial charge in [-0.15, -0.1) is 0 Å². The number of phenolic OH excluding ortho intramolecular Hbond substituents is 1. The first-order valence-corrected chi connectivity index (χ1v) is 5.22. The van der Waals surface area contributed by atoms with E-state index in [1.54, 1.807) is 18.2 Å². The third-order valence-electron chi connectivity index (χ3n) is 2.69. The third-order valence-corrected chi connectivity index (χ3v) is 2.69. The summed E-state index contributed by atoms with van der Waals surface area (Å²) >= 11 is 0. The van der Waals surface area contributed by atoms with Crippen LogP contribution in [0.25, 0.3) is 0 Å². The van der Waals surface area contributed by atoms with E-state index in [-0.39, 0.29) is 17.7 Å². The van der Waals surface area contributed by atoms with Crippen LogP contribution in [0.1, 0.15) is 42.2 Å². The highest BCUT2D eigenvalue weighted by Crippen LogP contribution is 2.36. The Hall–Kier alpha value is -1.51. The Labute approximate surface area is 89.1 Å². The number of phenols is 1. The van der Waals surface area contributed by atoms with Crippen LogP contribution in [0.15, 0.2) is 18.2 Å². The van der Waals surface area contributed by atoms with E-state index in [0.717, 1.165) is 12.0 Å². The second kappa shape index (κ2) is 3.57. The number of carbonyl (C=O) groups is 1. The van der Waals surface area contributed by atoms with Gasteiger partial charge in [0.15, 0.2) is 0 Å². The average molecular weight is 205 g/mol. The van der Waals surface area contributed by atoms with Crippen molar-refractivity contribution in [3.8, 4) is 5.75 Å². The van der Waals surface area contributed by atoms with Crippen LogP contribution in [0.5, 0.6) is 5.75 Å². The van der Waals surface area contributed by atoms with E-state index in [2.05, 4.69) is 19.2 Å². The lowest BCUT2D eigenvalue weighted by atomic mass is 9.96. The Balaban J connectivity index is 2.40. The molecule has 0 aromatic heterocycles. The summed E-state index contributed by atoms with van der Waals surface area (Å²) in [7, 11) is 0. The quantitative estimate of drug-likeness (QED) is 0.777. The molecule has 0 saturated heterocycles. The number of rotatable bonds is 2. The number of hydrogen-bond donors (Lipinski definition) is 2. The molecular weight excluding hydrogens is 190 g/mol. The lowest BCUT2D eigenvalue weighted by molar-refractivity contribution is 0.0953. The summed E-state index contributed by atoms with van der Waals surface area (Å²) < 4.78 is 0. The van der Waals surface area contributed by atoms with Gasteiger partial charge in [0.2, 0.25) is 0 Å². The Morgan fingerprint density at radius 1 is 1.47 bits per heavy atom. The fourth-order valence-electron chi connectivity index (χ4n) is 2.07. The minimum Gasteiger partial charge on any atom is -0.508 e. The van der Waals surface area contributed by atoms with Gasteiger partial charge in [-0.3, -0.25) is 4.79 Å². The van der Waals surface area contributed by atoms with Gasteiger partial charge in [0.1, 0.15) is 5.75 Å². The molecule has 3 heteroatoms. The summed E-state index contributed by atoms with van der Waals surface area (Å²) in [6.45, 7) is 4.20. The van der Waals surface area contributed by atoms with E-state index in [9.17, 15) is 9.90 Å². The van der Waals surface area contributed by atoms with Crippen molar-refractivity contribution in [1.82, 2.24) is 5.32 Å². The first kappa shape index (κ1) is 10.0. The number of benzene rings is 1. The van der Waals surface area contributed by atoms with Gasteiger partial charge < -0.3 is 10.4 Å². The highest BCUT2D eigenvalue weighted by atomic mass is 16.3. The second-order valence-electron chi connectivity index (χ2n) is 4.39. The van der Waals surface area contributed by atoms with Gasteiger partial charge in [-0.25, -0.2) is 0 Å². The lowest BCUT2D eigenvalue weighted by Gasteiger charge is -2.14. The van der Waals surface area contributed by atoms with Crippen molar-refractivity contribution in [1.29, 1.82) is 0 Å². The number of hydrogen-bond acceptors (Lipinski definition) is 2. The predicted octanol–water partition coefficient (Wildman–Crippen LogP) is 2.22. The topological polar surface area (TPSA) is 49.3 Å². The molecular formula is C12H15NO2. The number of aromatic hydroxyl groups is 1. The smallest absolute Gasteiger partial charge is 0.252 e. The maximum Gasteiger partial charge on any atom is 0.252 e. The molecule has 1 unspecified atom stereocenters. The lowest BCUT2D eigenvalue weighted by Crippen LogP contribution is -2.20. The number of nitrogens with one attached hydrogen (secondary N) is 1. The molecule has 2 rings (SSSR count). The van der Waals surface area contributed by atoms with Gasteiger partial charge >= 0.3 is 0 Å². The first-order valence-electron chi connectivity index (χ1n) is 5.22. The molecule has 0 radical (unpaired) electrons. The molecule has 15 heavy (non-hydrogen) atoms. The van der Waals surface area contributed by atoms with Gasteiger partial charge in [-0.2, -0.15) is 0 Å². The zero-order valence-electron chi connectivity index (χ0n) is 8.95. The summed E-state index contributed by atoms with van der Waals surface area (Å²) in [6.07, 6.45) is 0.857. The van der Waals surface area contributed by atoms with Gasteiger partial charge in [0.25, 0.3) is 5.91 Å². The monoisotopic (exact) mass is 205 g/mol. The normalized spacial score (nSPS) is 19.1. The molecule has 1 aromatic carbocycles. The number of carbonyl (C=O) groups excluding carboxylic acids is 1. The van der Waals surface area contributed by atoms with Crippen molar-refractivity contribution in [2.24, 2.45) is 5.92 Å². The van der Waals surface area contributed by atoms with E-state index in [4.69, 9.17) is 0 Å². The molecule has 0 spiro atoms. The molecule has 3 nitrogen and oxygen atoms in total. The zero-order valence-corrected chi connectivity index (χ0v) is 8.95. The minimum atomic E-state index is -0.0773. The van der Waals surface area contributed by atoms with Crippen molar-refractivity contribution in [2.45, 2.75) is 26.3 Å². The molecule has 1 heterocycles. The van der Waals surface area contributed by atoms with Crippen molar-refractivity contribution < 1.29 is 9.90 Å². The summed E-state index contributed by atoms with van der Waals surface area (Å²) in [6, 6.07) is 5.05. The van der Waals surface area contributed by atoms with Crippen molar-refractivity contribution in [3.63, 3.8) is 0 Å². The largest absolute Gasteiger partial charge is 0.508 e. The Morgan fingerprint density at radius 2 is 2.20 bits per heavy atom. The predicted molar refractivity (Wildman–Crippen MR) is 57.8 cm³/mol. The minimum absolute atomic E-state index is 0.0336. The highest BCUT2D eigenvalue weighted by molar-refractivity contribution is 5.99. The van der Waals surface area contributed by atoms with E-state index < -0.39 is 0 Å². The average Bonchev–Trinajstić information content (AvgIpc) is 2.44. The molecule has 1 amide bonds. The van der Waals surface area contributed by atoms with Crippen LogP contribution in [0.4, 0.5) is 0 Å². The molecule has 0 saturated carbocycles. The van der Waals surface area contributed by atoms with Gasteiger partial charge in [-0.05, 0) is 24.5 Å². The van der Waals surface area contributed by atoms with E-state index in [1.165, 1.54) is 0 Å². The molecule has 0 aliphatic carbocycles.